The maximum absolute atomic E-state index is 13.4. The first-order valence-corrected chi connectivity index (χ1v) is 10.6. The second kappa shape index (κ2) is 7.27. The summed E-state index contributed by atoms with van der Waals surface area (Å²) < 4.78 is 7.11. The van der Waals surface area contributed by atoms with Gasteiger partial charge in [-0.1, -0.05) is 70.5 Å². The molecular weight excluding hydrogens is 428 g/mol. The van der Waals surface area contributed by atoms with Crippen molar-refractivity contribution in [1.29, 1.82) is 0 Å². The van der Waals surface area contributed by atoms with Crippen molar-refractivity contribution in [1.82, 2.24) is 0 Å². The Morgan fingerprint density at radius 2 is 1.69 bits per heavy atom. The molecule has 0 aromatic heterocycles. The molecule has 2 aliphatic rings. The number of ketones is 2. The Kier molecular flexibility index (Phi) is 4.59. The van der Waals surface area contributed by atoms with Crippen molar-refractivity contribution in [2.45, 2.75) is 31.3 Å². The van der Waals surface area contributed by atoms with Crippen molar-refractivity contribution < 1.29 is 14.3 Å². The average molecular weight is 447 g/mol. The zero-order chi connectivity index (χ0) is 20.0. The molecule has 3 aromatic rings. The van der Waals surface area contributed by atoms with E-state index in [2.05, 4.69) is 34.1 Å². The second-order valence-corrected chi connectivity index (χ2v) is 8.48. The SMILES string of the molecule is O=C1CCCC2=C1[C@@H](c1cccc3ccccc13)[C@H](C(=O)c1ccc(Br)cc1)O2. The van der Waals surface area contributed by atoms with Crippen LogP contribution < -0.4 is 0 Å². The van der Waals surface area contributed by atoms with Crippen LogP contribution in [0.4, 0.5) is 0 Å². The van der Waals surface area contributed by atoms with Gasteiger partial charge in [-0.3, -0.25) is 9.59 Å². The number of Topliss-reactive ketones (excluding diaryl/α,β-unsaturated/α-hetero) is 2. The monoisotopic (exact) mass is 446 g/mol. The zero-order valence-electron chi connectivity index (χ0n) is 15.7. The lowest BCUT2D eigenvalue weighted by molar-refractivity contribution is -0.116. The molecule has 1 aliphatic heterocycles. The number of carbonyl (C=O) groups excluding carboxylic acids is 2. The van der Waals surface area contributed by atoms with Gasteiger partial charge in [0.25, 0.3) is 0 Å². The Balaban J connectivity index is 1.66. The lowest BCUT2D eigenvalue weighted by atomic mass is 9.78. The van der Waals surface area contributed by atoms with E-state index in [-0.39, 0.29) is 17.5 Å². The summed E-state index contributed by atoms with van der Waals surface area (Å²) in [5, 5.41) is 2.15. The van der Waals surface area contributed by atoms with Gasteiger partial charge in [0.1, 0.15) is 5.76 Å². The first-order valence-electron chi connectivity index (χ1n) is 9.84. The van der Waals surface area contributed by atoms with Gasteiger partial charge in [0, 0.05) is 28.5 Å². The van der Waals surface area contributed by atoms with Gasteiger partial charge >= 0.3 is 0 Å². The fraction of sp³-hybridized carbons (Fsp3) is 0.200. The van der Waals surface area contributed by atoms with Crippen LogP contribution in [0, 0.1) is 0 Å². The highest BCUT2D eigenvalue weighted by atomic mass is 79.9. The van der Waals surface area contributed by atoms with Crippen LogP contribution >= 0.6 is 15.9 Å². The van der Waals surface area contributed by atoms with E-state index in [1.807, 2.05) is 36.4 Å². The highest BCUT2D eigenvalue weighted by Gasteiger charge is 2.46. The summed E-state index contributed by atoms with van der Waals surface area (Å²) in [6.45, 7) is 0. The molecule has 0 unspecified atom stereocenters. The van der Waals surface area contributed by atoms with E-state index in [1.54, 1.807) is 12.1 Å². The number of carbonyl (C=O) groups is 2. The molecule has 1 aliphatic carbocycles. The number of fused-ring (bicyclic) bond motifs is 1. The molecule has 1 heterocycles. The summed E-state index contributed by atoms with van der Waals surface area (Å²) in [5.41, 5.74) is 2.28. The molecule has 29 heavy (non-hydrogen) atoms. The van der Waals surface area contributed by atoms with Gasteiger partial charge in [0.15, 0.2) is 11.9 Å². The minimum atomic E-state index is -0.714. The normalized spacial score (nSPS) is 21.2. The number of benzene rings is 3. The van der Waals surface area contributed by atoms with Gasteiger partial charge < -0.3 is 4.74 Å². The molecule has 0 spiro atoms. The van der Waals surface area contributed by atoms with E-state index in [4.69, 9.17) is 4.74 Å². The molecule has 2 atom stereocenters. The molecule has 0 N–H and O–H groups in total. The van der Waals surface area contributed by atoms with Crippen molar-refractivity contribution in [3.63, 3.8) is 0 Å². The van der Waals surface area contributed by atoms with Crippen LogP contribution in [0.3, 0.4) is 0 Å². The number of halogens is 1. The van der Waals surface area contributed by atoms with Crippen molar-refractivity contribution in [3.8, 4) is 0 Å². The number of ether oxygens (including phenoxy) is 1. The summed E-state index contributed by atoms with van der Waals surface area (Å²) in [7, 11) is 0. The lowest BCUT2D eigenvalue weighted by Crippen LogP contribution is -2.28. The molecule has 0 radical (unpaired) electrons. The summed E-state index contributed by atoms with van der Waals surface area (Å²) in [5.74, 6) is 0.350. The smallest absolute Gasteiger partial charge is 0.204 e. The van der Waals surface area contributed by atoms with E-state index >= 15 is 0 Å². The Labute approximate surface area is 177 Å². The highest BCUT2D eigenvalue weighted by molar-refractivity contribution is 9.10. The standard InChI is InChI=1S/C25H19BrO3/c26-17-13-11-16(12-14-17)24(28)25-22(23-20(27)9-4-10-21(23)29-25)19-8-3-6-15-5-1-2-7-18(15)19/h1-3,5-8,11-14,22,25H,4,9-10H2/t22-,25-/m1/s1. The maximum Gasteiger partial charge on any atom is 0.204 e. The number of hydrogen-bond acceptors (Lipinski definition) is 3. The Bertz CT molecular complexity index is 1150. The van der Waals surface area contributed by atoms with Crippen LogP contribution in [0.2, 0.25) is 0 Å². The molecule has 0 fully saturated rings. The molecule has 4 heteroatoms. The van der Waals surface area contributed by atoms with Gasteiger partial charge in [-0.15, -0.1) is 0 Å². The third kappa shape index (κ3) is 3.12. The molecule has 0 bridgehead atoms. The van der Waals surface area contributed by atoms with Crippen molar-refractivity contribution >= 4 is 38.3 Å². The summed E-state index contributed by atoms with van der Waals surface area (Å²) in [6, 6.07) is 21.5. The number of hydrogen-bond donors (Lipinski definition) is 0. The van der Waals surface area contributed by atoms with Crippen LogP contribution in [0.5, 0.6) is 0 Å². The van der Waals surface area contributed by atoms with Gasteiger partial charge in [0.2, 0.25) is 5.78 Å². The molecule has 144 valence electrons. The Hall–Kier alpha value is -2.72. The first-order chi connectivity index (χ1) is 14.1. The average Bonchev–Trinajstić information content (AvgIpc) is 3.14. The summed E-state index contributed by atoms with van der Waals surface area (Å²) >= 11 is 3.42. The molecular formula is C25H19BrO3. The van der Waals surface area contributed by atoms with Crippen LogP contribution in [0.15, 0.2) is 82.5 Å². The topological polar surface area (TPSA) is 43.4 Å². The van der Waals surface area contributed by atoms with Crippen LogP contribution in [0.1, 0.15) is 41.1 Å². The van der Waals surface area contributed by atoms with Crippen LogP contribution in [-0.2, 0) is 9.53 Å². The van der Waals surface area contributed by atoms with E-state index in [0.717, 1.165) is 27.2 Å². The molecule has 0 amide bonds. The molecule has 3 aromatic carbocycles. The number of rotatable bonds is 3. The van der Waals surface area contributed by atoms with Gasteiger partial charge in [0.05, 0.1) is 5.92 Å². The predicted octanol–water partition coefficient (Wildman–Crippen LogP) is 5.97. The molecule has 3 nitrogen and oxygen atoms in total. The minimum Gasteiger partial charge on any atom is -0.485 e. The minimum absolute atomic E-state index is 0.0855. The lowest BCUT2D eigenvalue weighted by Gasteiger charge is -2.22. The van der Waals surface area contributed by atoms with Crippen LogP contribution in [0.25, 0.3) is 10.8 Å². The Morgan fingerprint density at radius 3 is 2.52 bits per heavy atom. The molecule has 0 saturated carbocycles. The number of allylic oxidation sites excluding steroid dienone is 1. The van der Waals surface area contributed by atoms with E-state index in [9.17, 15) is 9.59 Å². The fourth-order valence-corrected chi connectivity index (χ4v) is 4.76. The van der Waals surface area contributed by atoms with E-state index in [1.165, 1.54) is 0 Å². The summed E-state index contributed by atoms with van der Waals surface area (Å²) in [6.07, 6.45) is 1.29. The zero-order valence-corrected chi connectivity index (χ0v) is 17.3. The third-order valence-electron chi connectivity index (χ3n) is 5.84. The van der Waals surface area contributed by atoms with Crippen molar-refractivity contribution in [2.24, 2.45) is 0 Å². The largest absolute Gasteiger partial charge is 0.485 e. The van der Waals surface area contributed by atoms with Gasteiger partial charge in [-0.25, -0.2) is 0 Å². The highest BCUT2D eigenvalue weighted by Crippen LogP contribution is 2.46. The fourth-order valence-electron chi connectivity index (χ4n) is 4.50. The Morgan fingerprint density at radius 1 is 0.931 bits per heavy atom. The van der Waals surface area contributed by atoms with E-state index in [0.29, 0.717) is 29.7 Å². The second-order valence-electron chi connectivity index (χ2n) is 7.57. The first kappa shape index (κ1) is 18.3. The molecule has 5 rings (SSSR count). The summed E-state index contributed by atoms with van der Waals surface area (Å²) in [4.78, 5) is 26.3. The van der Waals surface area contributed by atoms with Crippen molar-refractivity contribution in [2.75, 3.05) is 0 Å². The third-order valence-corrected chi connectivity index (χ3v) is 6.37. The maximum atomic E-state index is 13.4. The quantitative estimate of drug-likeness (QED) is 0.465. The van der Waals surface area contributed by atoms with Gasteiger partial charge in [-0.2, -0.15) is 0 Å². The van der Waals surface area contributed by atoms with Crippen LogP contribution in [-0.4, -0.2) is 17.7 Å². The predicted molar refractivity (Wildman–Crippen MR) is 116 cm³/mol. The van der Waals surface area contributed by atoms with Gasteiger partial charge in [-0.05, 0) is 34.9 Å². The molecule has 0 saturated heterocycles. The van der Waals surface area contributed by atoms with Crippen molar-refractivity contribution in [3.05, 3.63) is 93.7 Å². The van der Waals surface area contributed by atoms with E-state index < -0.39 is 6.10 Å².